The van der Waals surface area contributed by atoms with E-state index in [1.807, 2.05) is 0 Å². The minimum Gasteiger partial charge on any atom is -0.465 e. The Morgan fingerprint density at radius 3 is 2.03 bits per heavy atom. The number of esters is 2. The van der Waals surface area contributed by atoms with Crippen molar-refractivity contribution in [3.8, 4) is 0 Å². The van der Waals surface area contributed by atoms with Gasteiger partial charge in [-0.3, -0.25) is 9.59 Å². The fraction of sp³-hybridized carbons (Fsp3) is 0.200. The van der Waals surface area contributed by atoms with Crippen LogP contribution >= 0.6 is 11.6 Å². The molecule has 9 nitrogen and oxygen atoms in total. The SMILES string of the molecule is CNC(=O)c1ccc(Cl)c(NCC(=O)Nc2cc(C(=O)OC)cc(C(=O)OC)c2)c1. The highest BCUT2D eigenvalue weighted by molar-refractivity contribution is 6.33. The molecule has 10 heteroatoms. The first-order chi connectivity index (χ1) is 14.3. The molecule has 0 atom stereocenters. The number of halogens is 1. The Morgan fingerprint density at radius 1 is 0.900 bits per heavy atom. The number of carbonyl (C=O) groups is 4. The maximum absolute atomic E-state index is 12.3. The van der Waals surface area contributed by atoms with Crippen LogP contribution in [0.2, 0.25) is 5.02 Å². The van der Waals surface area contributed by atoms with Gasteiger partial charge in [-0.05, 0) is 36.4 Å². The predicted octanol–water partition coefficient (Wildman–Crippen LogP) is 2.32. The molecule has 2 aromatic carbocycles. The molecule has 0 aliphatic carbocycles. The molecule has 0 aromatic heterocycles. The van der Waals surface area contributed by atoms with Crippen molar-refractivity contribution in [1.82, 2.24) is 5.32 Å². The minimum atomic E-state index is -0.674. The van der Waals surface area contributed by atoms with Gasteiger partial charge < -0.3 is 25.4 Å². The molecule has 0 radical (unpaired) electrons. The lowest BCUT2D eigenvalue weighted by Crippen LogP contribution is -2.23. The van der Waals surface area contributed by atoms with Gasteiger partial charge in [0.25, 0.3) is 5.91 Å². The van der Waals surface area contributed by atoms with Crippen LogP contribution in [0.5, 0.6) is 0 Å². The number of methoxy groups -OCH3 is 2. The minimum absolute atomic E-state index is 0.0741. The van der Waals surface area contributed by atoms with Gasteiger partial charge >= 0.3 is 11.9 Å². The van der Waals surface area contributed by atoms with Gasteiger partial charge in [-0.1, -0.05) is 11.6 Å². The molecule has 0 heterocycles. The highest BCUT2D eigenvalue weighted by atomic mass is 35.5. The van der Waals surface area contributed by atoms with Gasteiger partial charge in [0.1, 0.15) is 0 Å². The highest BCUT2D eigenvalue weighted by Gasteiger charge is 2.15. The highest BCUT2D eigenvalue weighted by Crippen LogP contribution is 2.23. The summed E-state index contributed by atoms with van der Waals surface area (Å²) in [6.07, 6.45) is 0. The van der Waals surface area contributed by atoms with Crippen LogP contribution in [0.4, 0.5) is 11.4 Å². The normalized spacial score (nSPS) is 10.0. The van der Waals surface area contributed by atoms with Crippen LogP contribution in [-0.4, -0.2) is 51.6 Å². The molecule has 2 rings (SSSR count). The molecule has 0 aliphatic rings. The topological polar surface area (TPSA) is 123 Å². The largest absolute Gasteiger partial charge is 0.465 e. The van der Waals surface area contributed by atoms with Gasteiger partial charge in [-0.2, -0.15) is 0 Å². The van der Waals surface area contributed by atoms with Crippen molar-refractivity contribution in [2.45, 2.75) is 0 Å². The zero-order chi connectivity index (χ0) is 22.3. The summed E-state index contributed by atoms with van der Waals surface area (Å²) < 4.78 is 9.32. The van der Waals surface area contributed by atoms with Crippen molar-refractivity contribution in [1.29, 1.82) is 0 Å². The zero-order valence-corrected chi connectivity index (χ0v) is 17.3. The van der Waals surface area contributed by atoms with E-state index in [1.54, 1.807) is 6.07 Å². The van der Waals surface area contributed by atoms with Crippen molar-refractivity contribution in [2.24, 2.45) is 0 Å². The van der Waals surface area contributed by atoms with E-state index in [4.69, 9.17) is 11.6 Å². The van der Waals surface area contributed by atoms with Crippen LogP contribution in [0, 0.1) is 0 Å². The number of rotatable bonds is 7. The first-order valence-corrected chi connectivity index (χ1v) is 9.04. The van der Waals surface area contributed by atoms with E-state index in [-0.39, 0.29) is 29.3 Å². The number of benzene rings is 2. The molecule has 2 aromatic rings. The summed E-state index contributed by atoms with van der Waals surface area (Å²) in [7, 11) is 3.90. The van der Waals surface area contributed by atoms with Crippen LogP contribution in [0.15, 0.2) is 36.4 Å². The van der Waals surface area contributed by atoms with Gasteiger partial charge in [0, 0.05) is 18.3 Å². The third-order valence-corrected chi connectivity index (χ3v) is 4.28. The first kappa shape index (κ1) is 22.7. The molecule has 2 amide bonds. The van der Waals surface area contributed by atoms with Gasteiger partial charge in [-0.15, -0.1) is 0 Å². The lowest BCUT2D eigenvalue weighted by molar-refractivity contribution is -0.114. The lowest BCUT2D eigenvalue weighted by Gasteiger charge is -2.12. The molecule has 3 N–H and O–H groups in total. The standard InChI is InChI=1S/C20H20ClN3O6/c1-22-18(26)11-4-5-15(21)16(9-11)23-10-17(25)24-14-7-12(19(27)29-2)6-13(8-14)20(28)30-3/h4-9,23H,10H2,1-3H3,(H,22,26)(H,24,25). The number of carbonyl (C=O) groups excluding carboxylic acids is 4. The molecule has 0 bridgehead atoms. The summed E-state index contributed by atoms with van der Waals surface area (Å²) >= 11 is 6.10. The second-order valence-electron chi connectivity index (χ2n) is 5.96. The van der Waals surface area contributed by atoms with E-state index in [0.29, 0.717) is 16.3 Å². The Balaban J connectivity index is 2.15. The molecular weight excluding hydrogens is 414 g/mol. The molecule has 0 spiro atoms. The molecule has 0 saturated carbocycles. The fourth-order valence-electron chi connectivity index (χ4n) is 2.50. The number of ether oxygens (including phenoxy) is 2. The molecule has 158 valence electrons. The van der Waals surface area contributed by atoms with Gasteiger partial charge in [-0.25, -0.2) is 9.59 Å². The third-order valence-electron chi connectivity index (χ3n) is 3.95. The summed E-state index contributed by atoms with van der Waals surface area (Å²) in [5.41, 5.74) is 1.12. The third kappa shape index (κ3) is 5.71. The fourth-order valence-corrected chi connectivity index (χ4v) is 2.68. The van der Waals surface area contributed by atoms with Crippen molar-refractivity contribution in [3.63, 3.8) is 0 Å². The van der Waals surface area contributed by atoms with Crippen molar-refractivity contribution in [3.05, 3.63) is 58.1 Å². The van der Waals surface area contributed by atoms with Gasteiger partial charge in [0.05, 0.1) is 42.6 Å². The quantitative estimate of drug-likeness (QED) is 0.572. The summed E-state index contributed by atoms with van der Waals surface area (Å²) in [6.45, 7) is -0.188. The predicted molar refractivity (Wildman–Crippen MR) is 111 cm³/mol. The number of hydrogen-bond donors (Lipinski definition) is 3. The second-order valence-corrected chi connectivity index (χ2v) is 6.36. The first-order valence-electron chi connectivity index (χ1n) is 8.66. The molecule has 0 saturated heterocycles. The Morgan fingerprint density at radius 2 is 1.50 bits per heavy atom. The molecular formula is C20H20ClN3O6. The Hall–Kier alpha value is -3.59. The summed E-state index contributed by atoms with van der Waals surface area (Å²) in [5.74, 6) is -2.12. The van der Waals surface area contributed by atoms with Crippen LogP contribution in [0.25, 0.3) is 0 Å². The summed E-state index contributed by atoms with van der Waals surface area (Å²) in [4.78, 5) is 47.7. The van der Waals surface area contributed by atoms with Crippen LogP contribution in [-0.2, 0) is 14.3 Å². The van der Waals surface area contributed by atoms with E-state index >= 15 is 0 Å². The average Bonchev–Trinajstić information content (AvgIpc) is 2.76. The second kappa shape index (κ2) is 10.3. The van der Waals surface area contributed by atoms with E-state index in [9.17, 15) is 19.2 Å². The maximum atomic E-state index is 12.3. The molecule has 0 unspecified atom stereocenters. The van der Waals surface area contributed by atoms with Crippen LogP contribution in [0.3, 0.4) is 0 Å². The van der Waals surface area contributed by atoms with Crippen LogP contribution in [0.1, 0.15) is 31.1 Å². The number of amides is 2. The number of anilines is 2. The lowest BCUT2D eigenvalue weighted by atomic mass is 10.1. The van der Waals surface area contributed by atoms with Crippen LogP contribution < -0.4 is 16.0 Å². The molecule has 0 fully saturated rings. The zero-order valence-electron chi connectivity index (χ0n) is 16.5. The average molecular weight is 434 g/mol. The smallest absolute Gasteiger partial charge is 0.337 e. The number of hydrogen-bond acceptors (Lipinski definition) is 7. The van der Waals surface area contributed by atoms with E-state index in [2.05, 4.69) is 25.4 Å². The summed E-state index contributed by atoms with van der Waals surface area (Å²) in [6, 6.07) is 8.65. The molecule has 30 heavy (non-hydrogen) atoms. The monoisotopic (exact) mass is 433 g/mol. The maximum Gasteiger partial charge on any atom is 0.337 e. The van der Waals surface area contributed by atoms with Gasteiger partial charge in [0.2, 0.25) is 5.91 Å². The van der Waals surface area contributed by atoms with Gasteiger partial charge in [0.15, 0.2) is 0 Å². The van der Waals surface area contributed by atoms with Crippen molar-refractivity contribution in [2.75, 3.05) is 38.4 Å². The Kier molecular flexibility index (Phi) is 7.76. The molecule has 0 aliphatic heterocycles. The van der Waals surface area contributed by atoms with Crippen molar-refractivity contribution < 1.29 is 28.7 Å². The summed E-state index contributed by atoms with van der Waals surface area (Å²) in [5, 5.41) is 8.25. The van der Waals surface area contributed by atoms with Crippen molar-refractivity contribution >= 4 is 46.7 Å². The Bertz CT molecular complexity index is 958. The van der Waals surface area contributed by atoms with E-state index in [1.165, 1.54) is 51.6 Å². The Labute approximate surface area is 177 Å². The van der Waals surface area contributed by atoms with E-state index in [0.717, 1.165) is 0 Å². The number of nitrogens with one attached hydrogen (secondary N) is 3. The van der Waals surface area contributed by atoms with E-state index < -0.39 is 17.8 Å².